The predicted molar refractivity (Wildman–Crippen MR) is 68.4 cm³/mol. The molecule has 19 heavy (non-hydrogen) atoms. The zero-order chi connectivity index (χ0) is 13.7. The lowest BCUT2D eigenvalue weighted by atomic mass is 10.1. The quantitative estimate of drug-likeness (QED) is 0.768. The minimum absolute atomic E-state index is 0.321. The molecule has 98 valence electrons. The van der Waals surface area contributed by atoms with Crippen molar-refractivity contribution >= 4 is 0 Å². The number of rotatable bonds is 3. The molecule has 1 aromatic carbocycles. The van der Waals surface area contributed by atoms with Crippen molar-refractivity contribution in [2.45, 2.75) is 6.54 Å². The highest BCUT2D eigenvalue weighted by Gasteiger charge is 2.17. The molecule has 1 aliphatic rings. The molecule has 5 heteroatoms. The minimum atomic E-state index is -0.321. The third-order valence-corrected chi connectivity index (χ3v) is 3.34. The van der Waals surface area contributed by atoms with Crippen LogP contribution in [0.1, 0.15) is 11.1 Å². The second kappa shape index (κ2) is 6.29. The Morgan fingerprint density at radius 1 is 1.11 bits per heavy atom. The first-order chi connectivity index (χ1) is 9.22. The first kappa shape index (κ1) is 13.5. The van der Waals surface area contributed by atoms with E-state index in [-0.39, 0.29) is 5.82 Å². The molecule has 0 saturated carbocycles. The molecule has 0 atom stereocenters. The van der Waals surface area contributed by atoms with Gasteiger partial charge in [-0.2, -0.15) is 10.5 Å². The summed E-state index contributed by atoms with van der Waals surface area (Å²) >= 11 is 0. The molecule has 1 fully saturated rings. The highest BCUT2D eigenvalue weighted by atomic mass is 19.1. The van der Waals surface area contributed by atoms with Crippen LogP contribution >= 0.6 is 0 Å². The molecule has 2 rings (SSSR count). The summed E-state index contributed by atoms with van der Waals surface area (Å²) in [6.45, 7) is 4.36. The monoisotopic (exact) mass is 258 g/mol. The van der Waals surface area contributed by atoms with Crippen molar-refractivity contribution in [3.8, 4) is 12.1 Å². The maximum absolute atomic E-state index is 13.8. The van der Waals surface area contributed by atoms with Crippen LogP contribution in [0.4, 0.5) is 4.39 Å². The number of halogens is 1. The summed E-state index contributed by atoms with van der Waals surface area (Å²) in [7, 11) is 0. The fourth-order valence-corrected chi connectivity index (χ4v) is 2.19. The summed E-state index contributed by atoms with van der Waals surface area (Å²) in [5.41, 5.74) is 0.966. The molecule has 0 spiro atoms. The number of benzene rings is 1. The van der Waals surface area contributed by atoms with E-state index in [4.69, 9.17) is 10.5 Å². The lowest BCUT2D eigenvalue weighted by Crippen LogP contribution is -2.45. The third kappa shape index (κ3) is 3.51. The van der Waals surface area contributed by atoms with Crippen LogP contribution in [0.3, 0.4) is 0 Å². The van der Waals surface area contributed by atoms with Gasteiger partial charge in [-0.3, -0.25) is 9.80 Å². The topological polar surface area (TPSA) is 54.1 Å². The van der Waals surface area contributed by atoms with Gasteiger partial charge in [0.05, 0.1) is 24.2 Å². The van der Waals surface area contributed by atoms with E-state index in [9.17, 15) is 4.39 Å². The molecule has 0 unspecified atom stereocenters. The van der Waals surface area contributed by atoms with Crippen LogP contribution < -0.4 is 0 Å². The molecule has 0 aromatic heterocycles. The standard InChI is InChI=1S/C14H15FN4/c15-14-9-12(10-17)1-2-13(14)11-19-7-5-18(4-3-16)6-8-19/h1-2,9H,4-8,11H2. The van der Waals surface area contributed by atoms with Crippen LogP contribution in [-0.4, -0.2) is 42.5 Å². The van der Waals surface area contributed by atoms with Gasteiger partial charge in [0.2, 0.25) is 0 Å². The predicted octanol–water partition coefficient (Wildman–Crippen LogP) is 1.34. The Morgan fingerprint density at radius 2 is 1.79 bits per heavy atom. The number of piperazine rings is 1. The number of hydrogen-bond donors (Lipinski definition) is 0. The van der Waals surface area contributed by atoms with Gasteiger partial charge in [-0.1, -0.05) is 6.07 Å². The Kier molecular flexibility index (Phi) is 4.46. The fourth-order valence-electron chi connectivity index (χ4n) is 2.19. The lowest BCUT2D eigenvalue weighted by Gasteiger charge is -2.33. The fraction of sp³-hybridized carbons (Fsp3) is 0.429. The van der Waals surface area contributed by atoms with Crippen LogP contribution in [0, 0.1) is 28.5 Å². The summed E-state index contributed by atoms with van der Waals surface area (Å²) < 4.78 is 13.8. The van der Waals surface area contributed by atoms with Crippen molar-refractivity contribution in [1.82, 2.24) is 9.80 Å². The normalized spacial score (nSPS) is 16.8. The van der Waals surface area contributed by atoms with Crippen molar-refractivity contribution in [3.63, 3.8) is 0 Å². The average Bonchev–Trinajstić information content (AvgIpc) is 2.43. The van der Waals surface area contributed by atoms with Crippen LogP contribution in [0.2, 0.25) is 0 Å². The minimum Gasteiger partial charge on any atom is -0.296 e. The van der Waals surface area contributed by atoms with Crippen LogP contribution in [0.5, 0.6) is 0 Å². The molecule has 1 saturated heterocycles. The summed E-state index contributed by atoms with van der Waals surface area (Å²) in [6.07, 6.45) is 0. The van der Waals surface area contributed by atoms with E-state index in [0.717, 1.165) is 26.2 Å². The molecule has 1 heterocycles. The Bertz CT molecular complexity index is 521. The van der Waals surface area contributed by atoms with Gasteiger partial charge in [0.15, 0.2) is 0 Å². The van der Waals surface area contributed by atoms with E-state index in [1.165, 1.54) is 6.07 Å². The largest absolute Gasteiger partial charge is 0.296 e. The Morgan fingerprint density at radius 3 is 2.37 bits per heavy atom. The Hall–Kier alpha value is -1.95. The Labute approximate surface area is 112 Å². The van der Waals surface area contributed by atoms with Crippen molar-refractivity contribution in [1.29, 1.82) is 10.5 Å². The van der Waals surface area contributed by atoms with E-state index >= 15 is 0 Å². The van der Waals surface area contributed by atoms with Gasteiger partial charge in [-0.15, -0.1) is 0 Å². The summed E-state index contributed by atoms with van der Waals surface area (Å²) in [4.78, 5) is 4.25. The van der Waals surface area contributed by atoms with E-state index in [1.54, 1.807) is 12.1 Å². The molecule has 0 aliphatic carbocycles. The molecule has 0 N–H and O–H groups in total. The molecular formula is C14H15FN4. The zero-order valence-corrected chi connectivity index (χ0v) is 10.6. The number of nitrogens with zero attached hydrogens (tertiary/aromatic N) is 4. The first-order valence-corrected chi connectivity index (χ1v) is 6.23. The number of nitriles is 2. The molecule has 4 nitrogen and oxygen atoms in total. The molecule has 0 bridgehead atoms. The van der Waals surface area contributed by atoms with Crippen LogP contribution in [-0.2, 0) is 6.54 Å². The van der Waals surface area contributed by atoms with Crippen molar-refractivity contribution in [2.75, 3.05) is 32.7 Å². The van der Waals surface area contributed by atoms with E-state index in [1.807, 2.05) is 6.07 Å². The average molecular weight is 258 g/mol. The van der Waals surface area contributed by atoms with Crippen LogP contribution in [0.25, 0.3) is 0 Å². The van der Waals surface area contributed by atoms with Gasteiger partial charge in [0, 0.05) is 38.3 Å². The second-order valence-corrected chi connectivity index (χ2v) is 4.63. The summed E-state index contributed by atoms with van der Waals surface area (Å²) in [5, 5.41) is 17.3. The van der Waals surface area contributed by atoms with Crippen molar-refractivity contribution < 1.29 is 4.39 Å². The van der Waals surface area contributed by atoms with E-state index in [0.29, 0.717) is 24.2 Å². The van der Waals surface area contributed by atoms with Gasteiger partial charge in [-0.05, 0) is 12.1 Å². The van der Waals surface area contributed by atoms with Crippen molar-refractivity contribution in [3.05, 3.63) is 35.1 Å². The van der Waals surface area contributed by atoms with Crippen LogP contribution in [0.15, 0.2) is 18.2 Å². The summed E-state index contributed by atoms with van der Waals surface area (Å²) in [6, 6.07) is 8.67. The molecule has 0 amide bonds. The molecular weight excluding hydrogens is 243 g/mol. The number of hydrogen-bond acceptors (Lipinski definition) is 4. The summed E-state index contributed by atoms with van der Waals surface area (Å²) in [5.74, 6) is -0.321. The van der Waals surface area contributed by atoms with Gasteiger partial charge < -0.3 is 0 Å². The maximum Gasteiger partial charge on any atom is 0.129 e. The molecule has 0 radical (unpaired) electrons. The SMILES string of the molecule is N#CCN1CCN(Cc2ccc(C#N)cc2F)CC1. The van der Waals surface area contributed by atoms with Gasteiger partial charge >= 0.3 is 0 Å². The Balaban J connectivity index is 1.93. The van der Waals surface area contributed by atoms with Gasteiger partial charge in [0.25, 0.3) is 0 Å². The lowest BCUT2D eigenvalue weighted by molar-refractivity contribution is 0.137. The third-order valence-electron chi connectivity index (χ3n) is 3.34. The highest BCUT2D eigenvalue weighted by Crippen LogP contribution is 2.14. The smallest absolute Gasteiger partial charge is 0.129 e. The van der Waals surface area contributed by atoms with Crippen molar-refractivity contribution in [2.24, 2.45) is 0 Å². The van der Waals surface area contributed by atoms with E-state index < -0.39 is 0 Å². The van der Waals surface area contributed by atoms with Gasteiger partial charge in [0.1, 0.15) is 5.82 Å². The molecule has 1 aromatic rings. The van der Waals surface area contributed by atoms with E-state index in [2.05, 4.69) is 15.9 Å². The highest BCUT2D eigenvalue weighted by molar-refractivity contribution is 5.32. The second-order valence-electron chi connectivity index (χ2n) is 4.63. The maximum atomic E-state index is 13.8. The molecule has 1 aliphatic heterocycles. The zero-order valence-electron chi connectivity index (χ0n) is 10.6. The first-order valence-electron chi connectivity index (χ1n) is 6.23. The van der Waals surface area contributed by atoms with Gasteiger partial charge in [-0.25, -0.2) is 4.39 Å².